The highest BCUT2D eigenvalue weighted by Gasteiger charge is 2.35. The quantitative estimate of drug-likeness (QED) is 0.721. The molecule has 2 heterocycles. The molecule has 0 aliphatic carbocycles. The largest absolute Gasteiger partial charge is 0.340 e. The summed E-state index contributed by atoms with van der Waals surface area (Å²) in [6.07, 6.45) is 1.80. The van der Waals surface area contributed by atoms with Crippen LogP contribution in [0.5, 0.6) is 0 Å². The van der Waals surface area contributed by atoms with E-state index in [-0.39, 0.29) is 24.4 Å². The average molecular weight is 430 g/mol. The van der Waals surface area contributed by atoms with Crippen molar-refractivity contribution in [3.8, 4) is 0 Å². The Labute approximate surface area is 174 Å². The summed E-state index contributed by atoms with van der Waals surface area (Å²) in [6.45, 7) is 3.17. The summed E-state index contributed by atoms with van der Waals surface area (Å²) in [5, 5.41) is 0.990. The first kappa shape index (κ1) is 20.8. The van der Waals surface area contributed by atoms with Gasteiger partial charge in [0.2, 0.25) is 11.8 Å². The minimum atomic E-state index is -0.157. The van der Waals surface area contributed by atoms with E-state index in [1.807, 2.05) is 27.6 Å². The van der Waals surface area contributed by atoms with Gasteiger partial charge in [-0.25, -0.2) is 0 Å². The predicted molar refractivity (Wildman–Crippen MR) is 111 cm³/mol. The highest BCUT2D eigenvalue weighted by molar-refractivity contribution is 7.99. The second-order valence-electron chi connectivity index (χ2n) is 7.06. The van der Waals surface area contributed by atoms with Crippen molar-refractivity contribution in [1.82, 2.24) is 14.7 Å². The first-order chi connectivity index (χ1) is 13.0. The normalized spacial score (nSPS) is 20.7. The summed E-state index contributed by atoms with van der Waals surface area (Å²) in [5.74, 6) is 2.20. The van der Waals surface area contributed by atoms with Gasteiger partial charge < -0.3 is 9.80 Å². The fraction of sp³-hybridized carbons (Fsp3) is 0.579. The van der Waals surface area contributed by atoms with Crippen molar-refractivity contribution >= 4 is 46.8 Å². The standard InChI is InChI=1S/C19H25Cl2N3O2S/c1-22(12-14-4-5-15(20)16(21)11-14)18(25)13-24-6-2-3-17(24)19(26)23-7-9-27-10-8-23/h4-5,11,17H,2-3,6-10,12-13H2,1H3. The smallest absolute Gasteiger partial charge is 0.239 e. The van der Waals surface area contributed by atoms with E-state index in [9.17, 15) is 9.59 Å². The molecular formula is C19H25Cl2N3O2S. The molecule has 1 unspecified atom stereocenters. The van der Waals surface area contributed by atoms with Crippen molar-refractivity contribution in [2.24, 2.45) is 0 Å². The molecule has 1 aromatic rings. The number of hydrogen-bond acceptors (Lipinski definition) is 4. The zero-order chi connectivity index (χ0) is 19.4. The van der Waals surface area contributed by atoms with Crippen LogP contribution >= 0.6 is 35.0 Å². The van der Waals surface area contributed by atoms with Crippen LogP contribution in [0.2, 0.25) is 10.0 Å². The maximum atomic E-state index is 12.8. The number of carbonyl (C=O) groups excluding carboxylic acids is 2. The zero-order valence-corrected chi connectivity index (χ0v) is 17.8. The van der Waals surface area contributed by atoms with Gasteiger partial charge in [-0.2, -0.15) is 11.8 Å². The number of nitrogens with zero attached hydrogens (tertiary/aromatic N) is 3. The molecule has 2 aliphatic heterocycles. The van der Waals surface area contributed by atoms with Crippen LogP contribution in [0.4, 0.5) is 0 Å². The van der Waals surface area contributed by atoms with Crippen molar-refractivity contribution in [2.45, 2.75) is 25.4 Å². The summed E-state index contributed by atoms with van der Waals surface area (Å²) in [6, 6.07) is 5.23. The fourth-order valence-corrected chi connectivity index (χ4v) is 4.81. The Bertz CT molecular complexity index is 698. The summed E-state index contributed by atoms with van der Waals surface area (Å²) in [4.78, 5) is 31.2. The molecule has 2 saturated heterocycles. The van der Waals surface area contributed by atoms with Crippen molar-refractivity contribution in [1.29, 1.82) is 0 Å². The summed E-state index contributed by atoms with van der Waals surface area (Å²) >= 11 is 13.9. The molecule has 1 atom stereocenters. The third-order valence-electron chi connectivity index (χ3n) is 5.14. The van der Waals surface area contributed by atoms with Crippen LogP contribution in [0.3, 0.4) is 0 Å². The number of likely N-dealkylation sites (N-methyl/N-ethyl adjacent to an activating group) is 1. The molecule has 0 radical (unpaired) electrons. The summed E-state index contributed by atoms with van der Waals surface area (Å²) in [5.41, 5.74) is 0.931. The summed E-state index contributed by atoms with van der Waals surface area (Å²) in [7, 11) is 1.78. The van der Waals surface area contributed by atoms with E-state index in [1.54, 1.807) is 24.1 Å². The fourth-order valence-electron chi connectivity index (χ4n) is 3.58. The van der Waals surface area contributed by atoms with Crippen LogP contribution in [0.1, 0.15) is 18.4 Å². The Morgan fingerprint density at radius 2 is 1.93 bits per heavy atom. The van der Waals surface area contributed by atoms with Crippen LogP contribution in [0.25, 0.3) is 0 Å². The number of amides is 2. The SMILES string of the molecule is CN(Cc1ccc(Cl)c(Cl)c1)C(=O)CN1CCCC1C(=O)N1CCSCC1. The molecule has 0 saturated carbocycles. The molecule has 5 nitrogen and oxygen atoms in total. The molecule has 0 N–H and O–H groups in total. The van der Waals surface area contributed by atoms with Crippen LogP contribution in [0, 0.1) is 0 Å². The molecule has 8 heteroatoms. The topological polar surface area (TPSA) is 43.9 Å². The van der Waals surface area contributed by atoms with Gasteiger partial charge in [0.15, 0.2) is 0 Å². The number of carbonyl (C=O) groups is 2. The molecule has 3 rings (SSSR count). The minimum Gasteiger partial charge on any atom is -0.340 e. The Balaban J connectivity index is 1.56. The Hall–Kier alpha value is -0.950. The molecule has 0 aromatic heterocycles. The number of likely N-dealkylation sites (tertiary alicyclic amines) is 1. The first-order valence-corrected chi connectivity index (χ1v) is 11.2. The van der Waals surface area contributed by atoms with Gasteiger partial charge in [-0.15, -0.1) is 0 Å². The molecule has 27 heavy (non-hydrogen) atoms. The van der Waals surface area contributed by atoms with Gasteiger partial charge in [0.05, 0.1) is 22.6 Å². The highest BCUT2D eigenvalue weighted by atomic mass is 35.5. The molecule has 0 spiro atoms. The number of thioether (sulfide) groups is 1. The number of halogens is 2. The lowest BCUT2D eigenvalue weighted by Gasteiger charge is -2.32. The van der Waals surface area contributed by atoms with Crippen molar-refractivity contribution in [3.63, 3.8) is 0 Å². The second-order valence-corrected chi connectivity index (χ2v) is 9.10. The molecular weight excluding hydrogens is 405 g/mol. The lowest BCUT2D eigenvalue weighted by atomic mass is 10.2. The van der Waals surface area contributed by atoms with Crippen molar-refractivity contribution in [3.05, 3.63) is 33.8 Å². The van der Waals surface area contributed by atoms with E-state index in [0.717, 1.165) is 49.5 Å². The van der Waals surface area contributed by atoms with E-state index in [0.29, 0.717) is 16.6 Å². The Kier molecular flexibility index (Phi) is 7.31. The molecule has 2 amide bonds. The van der Waals surface area contributed by atoms with Crippen molar-refractivity contribution < 1.29 is 9.59 Å². The maximum absolute atomic E-state index is 12.8. The average Bonchev–Trinajstić information content (AvgIpc) is 3.12. The van der Waals surface area contributed by atoms with E-state index in [4.69, 9.17) is 23.2 Å². The van der Waals surface area contributed by atoms with E-state index in [2.05, 4.69) is 0 Å². The van der Waals surface area contributed by atoms with E-state index >= 15 is 0 Å². The summed E-state index contributed by atoms with van der Waals surface area (Å²) < 4.78 is 0. The maximum Gasteiger partial charge on any atom is 0.239 e. The monoisotopic (exact) mass is 429 g/mol. The van der Waals surface area contributed by atoms with E-state index < -0.39 is 0 Å². The van der Waals surface area contributed by atoms with Crippen LogP contribution in [-0.4, -0.2) is 77.3 Å². The first-order valence-electron chi connectivity index (χ1n) is 9.24. The van der Waals surface area contributed by atoms with E-state index in [1.165, 1.54) is 0 Å². The second kappa shape index (κ2) is 9.50. The molecule has 2 fully saturated rings. The lowest BCUT2D eigenvalue weighted by molar-refractivity contribution is -0.138. The van der Waals surface area contributed by atoms with Gasteiger partial charge in [0.25, 0.3) is 0 Å². The van der Waals surface area contributed by atoms with Gasteiger partial charge in [-0.1, -0.05) is 29.3 Å². The Morgan fingerprint density at radius 1 is 1.19 bits per heavy atom. The van der Waals surface area contributed by atoms with Gasteiger partial charge in [0, 0.05) is 38.2 Å². The third kappa shape index (κ3) is 5.31. The predicted octanol–water partition coefficient (Wildman–Crippen LogP) is 2.99. The van der Waals surface area contributed by atoms with Gasteiger partial charge in [-0.3, -0.25) is 14.5 Å². The lowest BCUT2D eigenvalue weighted by Crippen LogP contribution is -2.50. The number of hydrogen-bond donors (Lipinski definition) is 0. The highest BCUT2D eigenvalue weighted by Crippen LogP contribution is 2.24. The van der Waals surface area contributed by atoms with Gasteiger partial charge >= 0.3 is 0 Å². The minimum absolute atomic E-state index is 0.00923. The van der Waals surface area contributed by atoms with Gasteiger partial charge in [-0.05, 0) is 37.1 Å². The third-order valence-corrected chi connectivity index (χ3v) is 6.82. The number of benzene rings is 1. The van der Waals surface area contributed by atoms with Gasteiger partial charge in [0.1, 0.15) is 0 Å². The van der Waals surface area contributed by atoms with Crippen molar-refractivity contribution in [2.75, 3.05) is 44.7 Å². The zero-order valence-electron chi connectivity index (χ0n) is 15.5. The van der Waals surface area contributed by atoms with Crippen LogP contribution in [-0.2, 0) is 16.1 Å². The molecule has 2 aliphatic rings. The van der Waals surface area contributed by atoms with Crippen LogP contribution < -0.4 is 0 Å². The molecule has 0 bridgehead atoms. The number of rotatable bonds is 5. The molecule has 148 valence electrons. The van der Waals surface area contributed by atoms with Crippen LogP contribution in [0.15, 0.2) is 18.2 Å². The molecule has 1 aromatic carbocycles. The Morgan fingerprint density at radius 3 is 2.63 bits per heavy atom.